The summed E-state index contributed by atoms with van der Waals surface area (Å²) in [5.41, 5.74) is 1.49. The molecule has 0 aliphatic heterocycles. The Bertz CT molecular complexity index is 279. The Morgan fingerprint density at radius 2 is 2.00 bits per heavy atom. The molecule has 0 aromatic heterocycles. The molecule has 0 N–H and O–H groups in total. The lowest BCUT2D eigenvalue weighted by atomic mass is 9.77. The maximum atomic E-state index is 5.84. The van der Waals surface area contributed by atoms with Crippen molar-refractivity contribution in [3.63, 3.8) is 0 Å². The standard InChI is InChI=1S/C13H17Cl/c1-3-9-13(2,10-11-14)12-7-5-4-6-8-12/h3-8H,1,9-11H2,2H3. The van der Waals surface area contributed by atoms with E-state index in [2.05, 4.69) is 37.8 Å². The molecule has 0 aliphatic carbocycles. The first-order valence-electron chi connectivity index (χ1n) is 4.95. The van der Waals surface area contributed by atoms with Gasteiger partial charge in [0.05, 0.1) is 0 Å². The van der Waals surface area contributed by atoms with Crippen LogP contribution in [0.15, 0.2) is 43.0 Å². The Morgan fingerprint density at radius 3 is 2.50 bits per heavy atom. The van der Waals surface area contributed by atoms with E-state index in [0.717, 1.165) is 12.8 Å². The van der Waals surface area contributed by atoms with E-state index < -0.39 is 0 Å². The van der Waals surface area contributed by atoms with Crippen LogP contribution in [0.2, 0.25) is 0 Å². The molecule has 0 radical (unpaired) electrons. The number of benzene rings is 1. The molecule has 0 aliphatic rings. The highest BCUT2D eigenvalue weighted by Crippen LogP contribution is 2.31. The third-order valence-electron chi connectivity index (χ3n) is 2.71. The van der Waals surface area contributed by atoms with Crippen LogP contribution in [0.4, 0.5) is 0 Å². The molecule has 0 saturated carbocycles. The van der Waals surface area contributed by atoms with Gasteiger partial charge in [-0.1, -0.05) is 43.3 Å². The molecular formula is C13H17Cl. The van der Waals surface area contributed by atoms with E-state index in [1.54, 1.807) is 0 Å². The maximum Gasteiger partial charge on any atom is 0.0231 e. The average molecular weight is 209 g/mol. The van der Waals surface area contributed by atoms with Crippen LogP contribution in [0.5, 0.6) is 0 Å². The second kappa shape index (κ2) is 5.21. The molecule has 14 heavy (non-hydrogen) atoms. The molecule has 1 atom stereocenters. The first-order chi connectivity index (χ1) is 6.73. The van der Waals surface area contributed by atoms with Crippen molar-refractivity contribution in [2.24, 2.45) is 0 Å². The van der Waals surface area contributed by atoms with E-state index in [1.165, 1.54) is 5.56 Å². The highest BCUT2D eigenvalue weighted by atomic mass is 35.5. The Labute approximate surface area is 91.6 Å². The molecule has 0 nitrogen and oxygen atoms in total. The Kier molecular flexibility index (Phi) is 4.21. The monoisotopic (exact) mass is 208 g/mol. The van der Waals surface area contributed by atoms with Gasteiger partial charge in [-0.05, 0) is 23.8 Å². The second-order valence-corrected chi connectivity index (χ2v) is 4.24. The van der Waals surface area contributed by atoms with Crippen molar-refractivity contribution in [2.45, 2.75) is 25.2 Å². The van der Waals surface area contributed by atoms with Gasteiger partial charge in [0.1, 0.15) is 0 Å². The molecule has 1 unspecified atom stereocenters. The first kappa shape index (κ1) is 11.3. The van der Waals surface area contributed by atoms with Gasteiger partial charge < -0.3 is 0 Å². The summed E-state index contributed by atoms with van der Waals surface area (Å²) in [5, 5.41) is 0. The van der Waals surface area contributed by atoms with Crippen molar-refractivity contribution < 1.29 is 0 Å². The summed E-state index contributed by atoms with van der Waals surface area (Å²) in [4.78, 5) is 0. The molecule has 0 fully saturated rings. The zero-order chi connectivity index (χ0) is 10.4. The molecule has 0 spiro atoms. The van der Waals surface area contributed by atoms with Crippen molar-refractivity contribution in [2.75, 3.05) is 5.88 Å². The van der Waals surface area contributed by atoms with Crippen molar-refractivity contribution in [3.8, 4) is 0 Å². The number of halogens is 1. The highest BCUT2D eigenvalue weighted by molar-refractivity contribution is 6.17. The van der Waals surface area contributed by atoms with E-state index in [4.69, 9.17) is 11.6 Å². The number of hydrogen-bond acceptors (Lipinski definition) is 0. The molecule has 1 heteroatoms. The van der Waals surface area contributed by atoms with Gasteiger partial charge in [-0.2, -0.15) is 0 Å². The third-order valence-corrected chi connectivity index (χ3v) is 2.90. The highest BCUT2D eigenvalue weighted by Gasteiger charge is 2.23. The van der Waals surface area contributed by atoms with Crippen molar-refractivity contribution in [1.82, 2.24) is 0 Å². The minimum absolute atomic E-state index is 0.144. The van der Waals surface area contributed by atoms with Crippen molar-refractivity contribution >= 4 is 11.6 Å². The van der Waals surface area contributed by atoms with Crippen LogP contribution in [-0.4, -0.2) is 5.88 Å². The zero-order valence-corrected chi connectivity index (χ0v) is 9.43. The van der Waals surface area contributed by atoms with Crippen LogP contribution in [0.3, 0.4) is 0 Å². The van der Waals surface area contributed by atoms with Crippen LogP contribution in [0.1, 0.15) is 25.3 Å². The summed E-state index contributed by atoms with van der Waals surface area (Å²) in [6, 6.07) is 10.5. The van der Waals surface area contributed by atoms with Crippen molar-refractivity contribution in [3.05, 3.63) is 48.6 Å². The molecular weight excluding hydrogens is 192 g/mol. The van der Waals surface area contributed by atoms with Gasteiger partial charge >= 0.3 is 0 Å². The summed E-state index contributed by atoms with van der Waals surface area (Å²) >= 11 is 5.84. The molecule has 76 valence electrons. The second-order valence-electron chi connectivity index (χ2n) is 3.86. The summed E-state index contributed by atoms with van der Waals surface area (Å²) in [7, 11) is 0. The Balaban J connectivity index is 2.92. The lowest BCUT2D eigenvalue weighted by Gasteiger charge is -2.28. The van der Waals surface area contributed by atoms with Gasteiger partial charge in [0.15, 0.2) is 0 Å². The van der Waals surface area contributed by atoms with E-state index in [-0.39, 0.29) is 5.41 Å². The van der Waals surface area contributed by atoms with Crippen LogP contribution < -0.4 is 0 Å². The Hall–Kier alpha value is -0.750. The number of rotatable bonds is 5. The number of allylic oxidation sites excluding steroid dienone is 1. The lowest BCUT2D eigenvalue weighted by molar-refractivity contribution is 0.464. The fourth-order valence-electron chi connectivity index (χ4n) is 1.73. The largest absolute Gasteiger partial charge is 0.127 e. The fraction of sp³-hybridized carbons (Fsp3) is 0.385. The summed E-state index contributed by atoms with van der Waals surface area (Å²) in [6.45, 7) is 6.05. The van der Waals surface area contributed by atoms with Gasteiger partial charge in [-0.25, -0.2) is 0 Å². The van der Waals surface area contributed by atoms with Crippen molar-refractivity contribution in [1.29, 1.82) is 0 Å². The molecule has 1 aromatic carbocycles. The molecule has 0 heterocycles. The minimum Gasteiger partial charge on any atom is -0.127 e. The summed E-state index contributed by atoms with van der Waals surface area (Å²) < 4.78 is 0. The normalized spacial score (nSPS) is 14.7. The number of hydrogen-bond donors (Lipinski definition) is 0. The van der Waals surface area contributed by atoms with E-state index >= 15 is 0 Å². The van der Waals surface area contributed by atoms with Gasteiger partial charge in [-0.15, -0.1) is 18.2 Å². The van der Waals surface area contributed by atoms with E-state index in [9.17, 15) is 0 Å². The SMILES string of the molecule is C=CCC(C)(CCCl)c1ccccc1. The molecule has 1 aromatic rings. The number of alkyl halides is 1. The maximum absolute atomic E-state index is 5.84. The predicted octanol–water partition coefficient (Wildman–Crippen LogP) is 4.15. The van der Waals surface area contributed by atoms with Crippen LogP contribution in [-0.2, 0) is 5.41 Å². The fourth-order valence-corrected chi connectivity index (χ4v) is 2.15. The summed E-state index contributed by atoms with van der Waals surface area (Å²) in [5.74, 6) is 0.694. The van der Waals surface area contributed by atoms with Gasteiger partial charge in [0.25, 0.3) is 0 Å². The van der Waals surface area contributed by atoms with Crippen LogP contribution in [0, 0.1) is 0 Å². The Morgan fingerprint density at radius 1 is 1.36 bits per heavy atom. The molecule has 0 amide bonds. The zero-order valence-electron chi connectivity index (χ0n) is 8.67. The predicted molar refractivity (Wildman–Crippen MR) is 63.9 cm³/mol. The molecule has 0 bridgehead atoms. The van der Waals surface area contributed by atoms with E-state index in [0.29, 0.717) is 5.88 Å². The first-order valence-corrected chi connectivity index (χ1v) is 5.49. The quantitative estimate of drug-likeness (QED) is 0.504. The van der Waals surface area contributed by atoms with Crippen LogP contribution in [0.25, 0.3) is 0 Å². The lowest BCUT2D eigenvalue weighted by Crippen LogP contribution is -2.21. The summed E-state index contributed by atoms with van der Waals surface area (Å²) in [6.07, 6.45) is 3.94. The third kappa shape index (κ3) is 2.62. The molecule has 0 saturated heterocycles. The van der Waals surface area contributed by atoms with Crippen LogP contribution >= 0.6 is 11.6 Å². The topological polar surface area (TPSA) is 0 Å². The van der Waals surface area contributed by atoms with Gasteiger partial charge in [0, 0.05) is 5.88 Å². The molecule has 1 rings (SSSR count). The smallest absolute Gasteiger partial charge is 0.0231 e. The van der Waals surface area contributed by atoms with Gasteiger partial charge in [0.2, 0.25) is 0 Å². The van der Waals surface area contributed by atoms with Gasteiger partial charge in [-0.3, -0.25) is 0 Å². The van der Waals surface area contributed by atoms with E-state index in [1.807, 2.05) is 12.1 Å². The minimum atomic E-state index is 0.144. The average Bonchev–Trinajstić information content (AvgIpc) is 2.20.